The van der Waals surface area contributed by atoms with Crippen LogP contribution in [0.25, 0.3) is 21.8 Å². The largest absolute Gasteiger partial charge is 0.303 e. The van der Waals surface area contributed by atoms with Crippen molar-refractivity contribution in [3.8, 4) is 0 Å². The van der Waals surface area contributed by atoms with Crippen LogP contribution in [0.1, 0.15) is 21.5 Å². The molecule has 0 spiro atoms. The topological polar surface area (TPSA) is 59.4 Å². The number of hydrogen-bond acceptors (Lipinski definition) is 3. The Hall–Kier alpha value is -4.68. The molecule has 0 aliphatic heterocycles. The monoisotopic (exact) mass is 530 g/mol. The van der Waals surface area contributed by atoms with Crippen molar-refractivity contribution in [3.63, 3.8) is 0 Å². The van der Waals surface area contributed by atoms with Gasteiger partial charge in [-0.3, -0.25) is 4.79 Å². The van der Waals surface area contributed by atoms with Crippen LogP contribution in [0, 0.1) is 6.92 Å². The highest BCUT2D eigenvalue weighted by atomic mass is 32.2. The second-order valence-electron chi connectivity index (χ2n) is 9.51. The Morgan fingerprint density at radius 3 is 2.03 bits per heavy atom. The zero-order valence-electron chi connectivity index (χ0n) is 21.4. The lowest BCUT2D eigenvalue weighted by Gasteiger charge is -2.24. The van der Waals surface area contributed by atoms with Gasteiger partial charge in [0.15, 0.2) is 0 Å². The molecular formula is C33H26N2O3S. The van der Waals surface area contributed by atoms with Gasteiger partial charge >= 0.3 is 0 Å². The van der Waals surface area contributed by atoms with E-state index in [-0.39, 0.29) is 10.8 Å². The van der Waals surface area contributed by atoms with Gasteiger partial charge in [-0.15, -0.1) is 0 Å². The number of aromatic nitrogens is 1. The van der Waals surface area contributed by atoms with Crippen LogP contribution in [0.15, 0.2) is 132 Å². The maximum atomic E-state index is 14.0. The summed E-state index contributed by atoms with van der Waals surface area (Å²) in [5, 5.41) is 1.47. The molecule has 0 aliphatic rings. The zero-order valence-corrected chi connectivity index (χ0v) is 22.2. The van der Waals surface area contributed by atoms with Gasteiger partial charge in [-0.2, -0.15) is 0 Å². The average molecular weight is 531 g/mol. The van der Waals surface area contributed by atoms with Crippen molar-refractivity contribution in [2.24, 2.45) is 0 Å². The highest BCUT2D eigenvalue weighted by molar-refractivity contribution is 7.90. The molecule has 0 bridgehead atoms. The molecule has 192 valence electrons. The molecule has 0 N–H and O–H groups in total. The second kappa shape index (κ2) is 9.89. The highest BCUT2D eigenvalue weighted by Crippen LogP contribution is 2.39. The average Bonchev–Trinajstić information content (AvgIpc) is 3.32. The van der Waals surface area contributed by atoms with E-state index in [9.17, 15) is 13.2 Å². The van der Waals surface area contributed by atoms with Crippen LogP contribution < -0.4 is 4.90 Å². The van der Waals surface area contributed by atoms with Crippen molar-refractivity contribution in [2.75, 3.05) is 4.90 Å². The molecule has 6 aromatic rings. The number of hydrogen-bond donors (Lipinski definition) is 0. The standard InChI is InChI=1S/C33H26N2O3S/c1-24-19-21-27(22-20-24)39(37,38)35-29-16-9-8-15-28(29)32-30(17-10-18-31(32)35)34(23-25-11-4-2-5-12-25)33(36)26-13-6-3-7-14-26/h2-22H,23H2,1H3. The van der Waals surface area contributed by atoms with Crippen molar-refractivity contribution < 1.29 is 13.2 Å². The van der Waals surface area contributed by atoms with Gasteiger partial charge in [0.1, 0.15) is 0 Å². The van der Waals surface area contributed by atoms with Crippen LogP contribution in [0.2, 0.25) is 0 Å². The first-order valence-electron chi connectivity index (χ1n) is 12.7. The fraction of sp³-hybridized carbons (Fsp3) is 0.0606. The van der Waals surface area contributed by atoms with Crippen LogP contribution >= 0.6 is 0 Å². The summed E-state index contributed by atoms with van der Waals surface area (Å²) in [6, 6.07) is 38.8. The molecule has 5 aromatic carbocycles. The number of anilines is 1. The summed E-state index contributed by atoms with van der Waals surface area (Å²) >= 11 is 0. The number of benzene rings is 5. The summed E-state index contributed by atoms with van der Waals surface area (Å²) in [4.78, 5) is 15.9. The third-order valence-corrected chi connectivity index (χ3v) is 8.67. The van der Waals surface area contributed by atoms with Crippen LogP contribution in [0.5, 0.6) is 0 Å². The minimum absolute atomic E-state index is 0.162. The summed E-state index contributed by atoms with van der Waals surface area (Å²) < 4.78 is 29.5. The lowest BCUT2D eigenvalue weighted by molar-refractivity contribution is 0.0985. The minimum Gasteiger partial charge on any atom is -0.303 e. The maximum absolute atomic E-state index is 14.0. The molecule has 5 nitrogen and oxygen atoms in total. The fourth-order valence-corrected chi connectivity index (χ4v) is 6.55. The Bertz CT molecular complexity index is 1910. The number of nitrogens with zero attached hydrogens (tertiary/aromatic N) is 2. The van der Waals surface area contributed by atoms with Gasteiger partial charge < -0.3 is 4.90 Å². The van der Waals surface area contributed by atoms with Crippen LogP contribution in [0.3, 0.4) is 0 Å². The number of para-hydroxylation sites is 1. The molecular weight excluding hydrogens is 504 g/mol. The normalized spacial score (nSPS) is 11.6. The summed E-state index contributed by atoms with van der Waals surface area (Å²) in [6.07, 6.45) is 0. The van der Waals surface area contributed by atoms with E-state index in [2.05, 4.69) is 0 Å². The van der Waals surface area contributed by atoms with E-state index in [0.29, 0.717) is 34.2 Å². The Labute approximate surface area is 227 Å². The molecule has 0 unspecified atom stereocenters. The van der Waals surface area contributed by atoms with E-state index in [1.165, 1.54) is 3.97 Å². The third-order valence-electron chi connectivity index (χ3n) is 6.93. The smallest absolute Gasteiger partial charge is 0.268 e. The Morgan fingerprint density at radius 1 is 0.692 bits per heavy atom. The van der Waals surface area contributed by atoms with E-state index in [4.69, 9.17) is 0 Å². The van der Waals surface area contributed by atoms with Gasteiger partial charge in [0.2, 0.25) is 0 Å². The Balaban J connectivity index is 1.63. The number of amides is 1. The molecule has 6 rings (SSSR count). The van der Waals surface area contributed by atoms with Crippen molar-refractivity contribution >= 4 is 43.4 Å². The van der Waals surface area contributed by atoms with Gasteiger partial charge in [0, 0.05) is 16.3 Å². The molecule has 0 fully saturated rings. The molecule has 1 heterocycles. The van der Waals surface area contributed by atoms with Gasteiger partial charge in [-0.25, -0.2) is 12.4 Å². The number of rotatable bonds is 6. The lowest BCUT2D eigenvalue weighted by atomic mass is 10.1. The highest BCUT2D eigenvalue weighted by Gasteiger charge is 2.27. The predicted octanol–water partition coefficient (Wildman–Crippen LogP) is 7.19. The van der Waals surface area contributed by atoms with Crippen molar-refractivity contribution in [1.29, 1.82) is 0 Å². The third kappa shape index (κ3) is 4.39. The van der Waals surface area contributed by atoms with Crippen LogP contribution in [0.4, 0.5) is 5.69 Å². The molecule has 1 amide bonds. The van der Waals surface area contributed by atoms with E-state index >= 15 is 0 Å². The molecule has 0 radical (unpaired) electrons. The van der Waals surface area contributed by atoms with Crippen LogP contribution in [-0.2, 0) is 16.6 Å². The van der Waals surface area contributed by atoms with E-state index in [1.807, 2.05) is 91.9 Å². The van der Waals surface area contributed by atoms with Gasteiger partial charge in [0.05, 0.1) is 28.2 Å². The maximum Gasteiger partial charge on any atom is 0.268 e. The van der Waals surface area contributed by atoms with Gasteiger partial charge in [-0.1, -0.05) is 90.5 Å². The second-order valence-corrected chi connectivity index (χ2v) is 11.3. The summed E-state index contributed by atoms with van der Waals surface area (Å²) in [6.45, 7) is 2.26. The van der Waals surface area contributed by atoms with Gasteiger partial charge in [-0.05, 0) is 55.0 Å². The molecule has 39 heavy (non-hydrogen) atoms. The first-order chi connectivity index (χ1) is 18.9. The molecule has 0 saturated heterocycles. The fourth-order valence-electron chi connectivity index (χ4n) is 5.03. The summed E-state index contributed by atoms with van der Waals surface area (Å²) in [5.41, 5.74) is 4.24. The lowest BCUT2D eigenvalue weighted by Crippen LogP contribution is -2.30. The summed E-state index contributed by atoms with van der Waals surface area (Å²) in [5.74, 6) is -0.162. The van der Waals surface area contributed by atoms with Crippen LogP contribution in [-0.4, -0.2) is 18.3 Å². The Kier molecular flexibility index (Phi) is 6.25. The number of carbonyl (C=O) groups is 1. The molecule has 6 heteroatoms. The van der Waals surface area contributed by atoms with Crippen molar-refractivity contribution in [2.45, 2.75) is 18.4 Å². The minimum atomic E-state index is -3.93. The van der Waals surface area contributed by atoms with Crippen molar-refractivity contribution in [1.82, 2.24) is 3.97 Å². The number of aryl methyl sites for hydroxylation is 1. The summed E-state index contributed by atoms with van der Waals surface area (Å²) in [7, 11) is -3.93. The first kappa shape index (κ1) is 24.6. The number of fused-ring (bicyclic) bond motifs is 3. The molecule has 0 saturated carbocycles. The van der Waals surface area contributed by atoms with E-state index in [0.717, 1.165) is 16.5 Å². The quantitative estimate of drug-likeness (QED) is 0.229. The first-order valence-corrected chi connectivity index (χ1v) is 14.1. The van der Waals surface area contributed by atoms with E-state index < -0.39 is 10.0 Å². The van der Waals surface area contributed by atoms with Gasteiger partial charge in [0.25, 0.3) is 15.9 Å². The number of carbonyl (C=O) groups excluding carboxylic acids is 1. The SMILES string of the molecule is Cc1ccc(S(=O)(=O)n2c3ccccc3c3c(N(Cc4ccccc4)C(=O)c4ccccc4)cccc32)cc1. The zero-order chi connectivity index (χ0) is 27.0. The molecule has 0 aliphatic carbocycles. The molecule has 1 aromatic heterocycles. The molecule has 0 atom stereocenters. The van der Waals surface area contributed by atoms with Crippen molar-refractivity contribution in [3.05, 3.63) is 144 Å². The van der Waals surface area contributed by atoms with E-state index in [1.54, 1.807) is 47.4 Å². The predicted molar refractivity (Wildman–Crippen MR) is 157 cm³/mol. The Morgan fingerprint density at radius 2 is 1.31 bits per heavy atom.